The van der Waals surface area contributed by atoms with E-state index in [0.717, 1.165) is 11.8 Å². The van der Waals surface area contributed by atoms with Crippen LogP contribution in [0.15, 0.2) is 0 Å². The summed E-state index contributed by atoms with van der Waals surface area (Å²) in [6, 6.07) is 0. The van der Waals surface area contributed by atoms with E-state index < -0.39 is 46.7 Å². The fraction of sp³-hybridized carbons (Fsp3) is 0.778. The molecule has 1 amide bonds. The van der Waals surface area contributed by atoms with Crippen molar-refractivity contribution >= 4 is 35.1 Å². The number of hydrogen-bond acceptors (Lipinski definition) is 9. The zero-order chi connectivity index (χ0) is 22.1. The van der Waals surface area contributed by atoms with Gasteiger partial charge in [-0.1, -0.05) is 0 Å². The lowest BCUT2D eigenvalue weighted by Crippen LogP contribution is -2.34. The maximum Gasteiger partial charge on any atom is 0.410 e. The predicted molar refractivity (Wildman–Crippen MR) is 103 cm³/mol. The molecule has 0 heterocycles. The Balaban J connectivity index is 4.03. The molecule has 9 nitrogen and oxygen atoms in total. The Kier molecular flexibility index (Phi) is 10.4. The summed E-state index contributed by atoms with van der Waals surface area (Å²) >= 11 is 0.806. The van der Waals surface area contributed by atoms with E-state index in [9.17, 15) is 19.2 Å². The Morgan fingerprint density at radius 1 is 0.786 bits per heavy atom. The monoisotopic (exact) mass is 421 g/mol. The molecule has 0 aromatic carbocycles. The second kappa shape index (κ2) is 11.1. The number of rotatable bonds is 7. The maximum atomic E-state index is 11.7. The third-order valence-corrected chi connectivity index (χ3v) is 3.64. The molecule has 0 rings (SSSR count). The van der Waals surface area contributed by atoms with Gasteiger partial charge in [0.2, 0.25) is 12.6 Å². The predicted octanol–water partition coefficient (Wildman–Crippen LogP) is 3.45. The molecule has 1 N–H and O–H groups in total. The van der Waals surface area contributed by atoms with Crippen LogP contribution in [0.4, 0.5) is 9.59 Å². The maximum absolute atomic E-state index is 11.7. The van der Waals surface area contributed by atoms with Crippen LogP contribution in [0.1, 0.15) is 55.4 Å². The van der Waals surface area contributed by atoms with Crippen LogP contribution >= 0.6 is 11.8 Å². The van der Waals surface area contributed by atoms with Gasteiger partial charge in [-0.15, -0.1) is 0 Å². The molecular weight excluding hydrogens is 390 g/mol. The Morgan fingerprint density at radius 2 is 1.21 bits per heavy atom. The van der Waals surface area contributed by atoms with Gasteiger partial charge < -0.3 is 24.3 Å². The zero-order valence-corrected chi connectivity index (χ0v) is 18.6. The van der Waals surface area contributed by atoms with Crippen molar-refractivity contribution < 1.29 is 38.1 Å². The number of carbonyl (C=O) groups excluding carboxylic acids is 4. The standard InChI is InChI=1S/C18H31NO8S/c1-11(24-13(20)17(3,4)5)26-15(22)19-9-10-28-16(23)27-12(2)25-14(21)18(6,7)8/h11-12H,9-10H2,1-8H3,(H,19,22)/t11-,12-/m0/s1. The van der Waals surface area contributed by atoms with Crippen molar-refractivity contribution in [1.29, 1.82) is 0 Å². The third kappa shape index (κ3) is 11.7. The zero-order valence-electron chi connectivity index (χ0n) is 17.7. The molecule has 2 atom stereocenters. The molecular formula is C18H31NO8S. The molecule has 0 saturated carbocycles. The number of carbonyl (C=O) groups is 4. The molecule has 0 fully saturated rings. The molecule has 0 saturated heterocycles. The lowest BCUT2D eigenvalue weighted by atomic mass is 9.97. The van der Waals surface area contributed by atoms with Gasteiger partial charge in [0.15, 0.2) is 0 Å². The van der Waals surface area contributed by atoms with Gasteiger partial charge in [0.1, 0.15) is 0 Å². The largest absolute Gasteiger partial charge is 0.425 e. The molecule has 162 valence electrons. The van der Waals surface area contributed by atoms with Gasteiger partial charge in [0.25, 0.3) is 0 Å². The van der Waals surface area contributed by atoms with E-state index in [1.54, 1.807) is 41.5 Å². The van der Waals surface area contributed by atoms with E-state index in [1.165, 1.54) is 13.8 Å². The van der Waals surface area contributed by atoms with Crippen LogP contribution < -0.4 is 5.32 Å². The highest BCUT2D eigenvalue weighted by atomic mass is 32.2. The minimum absolute atomic E-state index is 0.120. The highest BCUT2D eigenvalue weighted by molar-refractivity contribution is 8.13. The minimum atomic E-state index is -1.04. The van der Waals surface area contributed by atoms with Crippen molar-refractivity contribution in [2.75, 3.05) is 12.3 Å². The van der Waals surface area contributed by atoms with Crippen LogP contribution in [0, 0.1) is 10.8 Å². The van der Waals surface area contributed by atoms with E-state index in [4.69, 9.17) is 18.9 Å². The summed E-state index contributed by atoms with van der Waals surface area (Å²) in [5.41, 5.74) is -1.40. The summed E-state index contributed by atoms with van der Waals surface area (Å²) in [5, 5.41) is 1.78. The van der Waals surface area contributed by atoms with Crippen LogP contribution in [0.25, 0.3) is 0 Å². The Morgan fingerprint density at radius 3 is 1.64 bits per heavy atom. The van der Waals surface area contributed by atoms with Crippen LogP contribution in [0.2, 0.25) is 0 Å². The molecule has 0 radical (unpaired) electrons. The lowest BCUT2D eigenvalue weighted by molar-refractivity contribution is -0.175. The van der Waals surface area contributed by atoms with E-state index in [2.05, 4.69) is 5.32 Å². The van der Waals surface area contributed by atoms with Crippen LogP contribution in [0.3, 0.4) is 0 Å². The normalized spacial score (nSPS) is 13.7. The van der Waals surface area contributed by atoms with Gasteiger partial charge in [0, 0.05) is 26.1 Å². The molecule has 10 heteroatoms. The van der Waals surface area contributed by atoms with Crippen LogP contribution in [-0.4, -0.2) is 48.2 Å². The highest BCUT2D eigenvalue weighted by Crippen LogP contribution is 2.18. The van der Waals surface area contributed by atoms with Gasteiger partial charge in [0.05, 0.1) is 10.8 Å². The number of thioether (sulfide) groups is 1. The molecule has 0 bridgehead atoms. The van der Waals surface area contributed by atoms with E-state index in [0.29, 0.717) is 0 Å². The topological polar surface area (TPSA) is 117 Å². The first kappa shape index (κ1) is 26.0. The summed E-state index contributed by atoms with van der Waals surface area (Å²) in [6.07, 6.45) is -2.83. The van der Waals surface area contributed by atoms with Crippen LogP contribution in [-0.2, 0) is 28.5 Å². The molecule has 0 unspecified atom stereocenters. The van der Waals surface area contributed by atoms with Crippen molar-refractivity contribution in [2.24, 2.45) is 10.8 Å². The van der Waals surface area contributed by atoms with Gasteiger partial charge >= 0.3 is 23.3 Å². The first-order chi connectivity index (χ1) is 12.6. The lowest BCUT2D eigenvalue weighted by Gasteiger charge is -2.21. The Labute approximate surface area is 170 Å². The molecule has 0 aliphatic rings. The molecule has 28 heavy (non-hydrogen) atoms. The number of esters is 2. The number of ether oxygens (including phenoxy) is 4. The summed E-state index contributed by atoms with van der Waals surface area (Å²) in [5.74, 6) is -0.764. The Hall–Kier alpha value is -1.97. The number of amides is 1. The number of alkyl carbamates (subject to hydrolysis) is 1. The fourth-order valence-corrected chi connectivity index (χ4v) is 1.93. The van der Waals surface area contributed by atoms with Crippen molar-refractivity contribution in [3.05, 3.63) is 0 Å². The van der Waals surface area contributed by atoms with Gasteiger partial charge in [-0.2, -0.15) is 0 Å². The third-order valence-electron chi connectivity index (χ3n) is 2.90. The smallest absolute Gasteiger partial charge is 0.410 e. The number of nitrogens with one attached hydrogen (secondary N) is 1. The summed E-state index contributed by atoms with van der Waals surface area (Å²) in [6.45, 7) is 13.1. The summed E-state index contributed by atoms with van der Waals surface area (Å²) < 4.78 is 19.8. The average molecular weight is 422 g/mol. The summed E-state index contributed by atoms with van der Waals surface area (Å²) in [4.78, 5) is 46.7. The second-order valence-corrected chi connectivity index (χ2v) is 9.02. The van der Waals surface area contributed by atoms with Crippen molar-refractivity contribution in [1.82, 2.24) is 5.32 Å². The molecule has 0 spiro atoms. The van der Waals surface area contributed by atoms with E-state index >= 15 is 0 Å². The molecule has 0 aliphatic heterocycles. The SMILES string of the molecule is C[C@H](OC(=O)NCCSC(=O)O[C@@H](C)OC(=O)C(C)(C)C)OC(=O)C(C)(C)C. The second-order valence-electron chi connectivity index (χ2n) is 7.99. The number of hydrogen-bond donors (Lipinski definition) is 1. The Bertz CT molecular complexity index is 515. The quantitative estimate of drug-likeness (QED) is 0.374. The molecule has 0 aromatic rings. The van der Waals surface area contributed by atoms with Gasteiger partial charge in [-0.3, -0.25) is 9.59 Å². The first-order valence-corrected chi connectivity index (χ1v) is 9.81. The van der Waals surface area contributed by atoms with Crippen molar-refractivity contribution in [2.45, 2.75) is 68.0 Å². The molecule has 0 aliphatic carbocycles. The van der Waals surface area contributed by atoms with Gasteiger partial charge in [-0.05, 0) is 53.3 Å². The fourth-order valence-electron chi connectivity index (χ4n) is 1.35. The van der Waals surface area contributed by atoms with E-state index in [1.807, 2.05) is 0 Å². The van der Waals surface area contributed by atoms with E-state index in [-0.39, 0.29) is 12.3 Å². The van der Waals surface area contributed by atoms with Crippen molar-refractivity contribution in [3.8, 4) is 0 Å². The average Bonchev–Trinajstić information content (AvgIpc) is 2.49. The highest BCUT2D eigenvalue weighted by Gasteiger charge is 2.27. The van der Waals surface area contributed by atoms with Gasteiger partial charge in [-0.25, -0.2) is 9.59 Å². The van der Waals surface area contributed by atoms with Crippen LogP contribution in [0.5, 0.6) is 0 Å². The minimum Gasteiger partial charge on any atom is -0.425 e. The first-order valence-electron chi connectivity index (χ1n) is 8.83. The summed E-state index contributed by atoms with van der Waals surface area (Å²) in [7, 11) is 0. The van der Waals surface area contributed by atoms with Crippen molar-refractivity contribution in [3.63, 3.8) is 0 Å². The molecule has 0 aromatic heterocycles.